The molecule has 4 atom stereocenters. The number of fused-ring (bicyclic) bond motifs is 1. The fourth-order valence-corrected chi connectivity index (χ4v) is 7.34. The average Bonchev–Trinajstić information content (AvgIpc) is 3.86. The van der Waals surface area contributed by atoms with Crippen molar-refractivity contribution in [3.05, 3.63) is 71.1 Å². The summed E-state index contributed by atoms with van der Waals surface area (Å²) in [6.07, 6.45) is 0.467. The van der Waals surface area contributed by atoms with Crippen LogP contribution in [-0.4, -0.2) is 58.2 Å². The summed E-state index contributed by atoms with van der Waals surface area (Å²) in [5, 5.41) is 20.8. The summed E-state index contributed by atoms with van der Waals surface area (Å²) in [5.41, 5.74) is 1.35. The van der Waals surface area contributed by atoms with Gasteiger partial charge in [0.15, 0.2) is 0 Å². The molecule has 2 saturated carbocycles. The Balaban J connectivity index is 1.29. The molecular formula is C33H36F3N3O5S. The Kier molecular flexibility index (Phi) is 10.0. The van der Waals surface area contributed by atoms with Crippen LogP contribution in [-0.2, 0) is 9.47 Å². The van der Waals surface area contributed by atoms with E-state index in [9.17, 15) is 23.1 Å². The topological polar surface area (TPSA) is 115 Å². The van der Waals surface area contributed by atoms with Gasteiger partial charge in [-0.15, -0.1) is 24.9 Å². The minimum atomic E-state index is -4.91. The number of carbonyl (C=O) groups is 1. The first-order chi connectivity index (χ1) is 21.5. The van der Waals surface area contributed by atoms with E-state index in [0.29, 0.717) is 16.6 Å². The molecule has 240 valence electrons. The molecule has 2 aliphatic carbocycles. The van der Waals surface area contributed by atoms with Crippen LogP contribution in [0.2, 0.25) is 0 Å². The number of rotatable bonds is 11. The van der Waals surface area contributed by atoms with Crippen LogP contribution in [0.5, 0.6) is 5.75 Å². The van der Waals surface area contributed by atoms with E-state index in [0.717, 1.165) is 43.2 Å². The molecule has 0 saturated heterocycles. The number of nitrogens with zero attached hydrogens (tertiary/aromatic N) is 2. The Morgan fingerprint density at radius 3 is 2.53 bits per heavy atom. The van der Waals surface area contributed by atoms with Gasteiger partial charge in [-0.1, -0.05) is 38.5 Å². The Morgan fingerprint density at radius 1 is 1.11 bits per heavy atom. The van der Waals surface area contributed by atoms with E-state index in [4.69, 9.17) is 19.9 Å². The third-order valence-electron chi connectivity index (χ3n) is 8.38. The highest BCUT2D eigenvalue weighted by atomic mass is 32.2. The summed E-state index contributed by atoms with van der Waals surface area (Å²) in [4.78, 5) is 21.4. The maximum absolute atomic E-state index is 13.1. The molecule has 2 aromatic carbocycles. The first-order valence-corrected chi connectivity index (χ1v) is 15.8. The molecule has 12 heteroatoms. The van der Waals surface area contributed by atoms with Gasteiger partial charge in [0.1, 0.15) is 22.1 Å². The molecule has 0 bridgehead atoms. The van der Waals surface area contributed by atoms with Crippen molar-refractivity contribution < 1.29 is 37.3 Å². The largest absolute Gasteiger partial charge is 0.573 e. The number of aromatic nitrogens is 2. The summed E-state index contributed by atoms with van der Waals surface area (Å²) in [6, 6.07) is 10.7. The van der Waals surface area contributed by atoms with Crippen molar-refractivity contribution in [2.75, 3.05) is 13.7 Å². The summed E-state index contributed by atoms with van der Waals surface area (Å²) in [7, 11) is 1.33. The van der Waals surface area contributed by atoms with E-state index in [-0.39, 0.29) is 58.3 Å². The molecule has 8 nitrogen and oxygen atoms in total. The molecule has 2 N–H and O–H groups in total. The zero-order valence-electron chi connectivity index (χ0n) is 25.3. The van der Waals surface area contributed by atoms with Gasteiger partial charge in [0.05, 0.1) is 42.8 Å². The minimum absolute atomic E-state index is 0.00335. The highest BCUT2D eigenvalue weighted by Crippen LogP contribution is 2.43. The van der Waals surface area contributed by atoms with E-state index >= 15 is 0 Å². The lowest BCUT2D eigenvalue weighted by Crippen LogP contribution is -2.37. The van der Waals surface area contributed by atoms with E-state index < -0.39 is 18.1 Å². The molecule has 1 aromatic heterocycles. The van der Waals surface area contributed by atoms with Crippen molar-refractivity contribution in [3.63, 3.8) is 0 Å². The van der Waals surface area contributed by atoms with Crippen LogP contribution in [0.3, 0.4) is 0 Å². The van der Waals surface area contributed by atoms with Crippen LogP contribution in [0.15, 0.2) is 65.0 Å². The van der Waals surface area contributed by atoms with Gasteiger partial charge in [0.25, 0.3) is 0 Å². The normalized spacial score (nSPS) is 22.5. The number of para-hydroxylation sites is 2. The van der Waals surface area contributed by atoms with Gasteiger partial charge in [-0.05, 0) is 61.8 Å². The molecule has 0 amide bonds. The Morgan fingerprint density at radius 2 is 1.84 bits per heavy atom. The number of ether oxygens (including phenoxy) is 3. The standard InChI is InChI=1S/C33H36F3N3O5S/c1-4-19-15-21(14-18(2)31(19)45-27-16-38-29-23(32(41)42-3)9-7-10-25(29)39-27)43-17-24(30(40)20-12-13-20)28(37)22-8-5-6-11-26(22)44-33(34,35)36/h5-11,16,18-21,31,37,40H,4,12-15,17H2,1-3H3/b30-24-,37-28?. The first-order valence-electron chi connectivity index (χ1n) is 15.0. The number of thioether (sulfide) groups is 1. The Hall–Kier alpha value is -3.64. The minimum Gasteiger partial charge on any atom is -0.512 e. The zero-order chi connectivity index (χ0) is 32.3. The van der Waals surface area contributed by atoms with Gasteiger partial charge < -0.3 is 19.3 Å². The lowest BCUT2D eigenvalue weighted by molar-refractivity contribution is -0.274. The molecule has 2 aliphatic rings. The van der Waals surface area contributed by atoms with Crippen molar-refractivity contribution in [1.82, 2.24) is 9.97 Å². The zero-order valence-corrected chi connectivity index (χ0v) is 26.1. The smallest absolute Gasteiger partial charge is 0.512 e. The van der Waals surface area contributed by atoms with E-state index in [1.807, 2.05) is 6.07 Å². The fourth-order valence-electron chi connectivity index (χ4n) is 5.95. The summed E-state index contributed by atoms with van der Waals surface area (Å²) >= 11 is 1.66. The quantitative estimate of drug-likeness (QED) is 0.123. The van der Waals surface area contributed by atoms with Gasteiger partial charge >= 0.3 is 12.3 Å². The number of aliphatic hydroxyl groups is 1. The predicted molar refractivity (Wildman–Crippen MR) is 165 cm³/mol. The number of hydrogen-bond donors (Lipinski definition) is 2. The molecule has 4 unspecified atom stereocenters. The number of halogens is 3. The third kappa shape index (κ3) is 7.78. The number of methoxy groups -OCH3 is 1. The van der Waals surface area contributed by atoms with Gasteiger partial charge in [-0.2, -0.15) is 0 Å². The Bertz CT molecular complexity index is 1590. The molecule has 0 spiro atoms. The monoisotopic (exact) mass is 643 g/mol. The molecule has 0 aliphatic heterocycles. The van der Waals surface area contributed by atoms with Crippen LogP contribution in [0.25, 0.3) is 11.0 Å². The SMILES string of the molecule is CCC1CC(OC/C(C(=N)c2ccccc2OC(F)(F)F)=C(/O)C2CC2)CC(C)C1Sc1cnc2c(C(=O)OC)cccc2n1. The van der Waals surface area contributed by atoms with Crippen molar-refractivity contribution >= 4 is 34.5 Å². The summed E-state index contributed by atoms with van der Waals surface area (Å²) in [6.45, 7) is 4.19. The number of allylic oxidation sites excluding steroid dienone is 1. The molecule has 45 heavy (non-hydrogen) atoms. The molecule has 0 radical (unpaired) electrons. The Labute approximate surface area is 263 Å². The fraction of sp³-hybridized carbons (Fsp3) is 0.455. The molecule has 2 fully saturated rings. The van der Waals surface area contributed by atoms with Crippen LogP contribution < -0.4 is 4.74 Å². The highest BCUT2D eigenvalue weighted by Gasteiger charge is 2.38. The van der Waals surface area contributed by atoms with Gasteiger partial charge in [-0.25, -0.2) is 9.78 Å². The highest BCUT2D eigenvalue weighted by molar-refractivity contribution is 7.99. The molecular weight excluding hydrogens is 607 g/mol. The first kappa shape index (κ1) is 32.7. The van der Waals surface area contributed by atoms with Gasteiger partial charge in [0.2, 0.25) is 0 Å². The van der Waals surface area contributed by atoms with E-state index in [1.165, 1.54) is 25.3 Å². The second-order valence-electron chi connectivity index (χ2n) is 11.6. The second-order valence-corrected chi connectivity index (χ2v) is 12.8. The molecule has 1 heterocycles. The number of esters is 1. The van der Waals surface area contributed by atoms with Crippen molar-refractivity contribution in [2.24, 2.45) is 17.8 Å². The summed E-state index contributed by atoms with van der Waals surface area (Å²) in [5.74, 6) is -0.593. The number of carbonyl (C=O) groups excluding carboxylic acids is 1. The van der Waals surface area contributed by atoms with Crippen molar-refractivity contribution in [2.45, 2.75) is 68.7 Å². The van der Waals surface area contributed by atoms with E-state index in [1.54, 1.807) is 30.1 Å². The number of hydrogen-bond acceptors (Lipinski definition) is 9. The lowest BCUT2D eigenvalue weighted by Gasteiger charge is -2.39. The predicted octanol–water partition coefficient (Wildman–Crippen LogP) is 7.91. The third-order valence-corrected chi connectivity index (χ3v) is 9.94. The number of aliphatic hydroxyl groups excluding tert-OH is 1. The summed E-state index contributed by atoms with van der Waals surface area (Å²) < 4.78 is 54.6. The van der Waals surface area contributed by atoms with Gasteiger partial charge in [-0.3, -0.25) is 10.4 Å². The molecule has 3 aromatic rings. The van der Waals surface area contributed by atoms with E-state index in [2.05, 4.69) is 23.6 Å². The number of alkyl halides is 3. The van der Waals surface area contributed by atoms with Crippen molar-refractivity contribution in [1.29, 1.82) is 5.41 Å². The van der Waals surface area contributed by atoms with Crippen molar-refractivity contribution in [3.8, 4) is 5.75 Å². The lowest BCUT2D eigenvalue weighted by atomic mass is 9.79. The maximum Gasteiger partial charge on any atom is 0.573 e. The number of benzene rings is 2. The number of nitrogens with one attached hydrogen (secondary N) is 1. The average molecular weight is 644 g/mol. The van der Waals surface area contributed by atoms with Crippen LogP contribution >= 0.6 is 11.8 Å². The van der Waals surface area contributed by atoms with Crippen LogP contribution in [0.1, 0.15) is 61.9 Å². The van der Waals surface area contributed by atoms with Gasteiger partial charge in [0, 0.05) is 22.3 Å². The molecule has 5 rings (SSSR count). The van der Waals surface area contributed by atoms with Crippen LogP contribution in [0, 0.1) is 23.2 Å². The maximum atomic E-state index is 13.1. The second kappa shape index (κ2) is 13.8. The van der Waals surface area contributed by atoms with Crippen LogP contribution in [0.4, 0.5) is 13.2 Å².